The van der Waals surface area contributed by atoms with Crippen LogP contribution in [0.1, 0.15) is 70.1 Å². The third kappa shape index (κ3) is 6.29. The molecular formula is C40H45N3O10S. The highest BCUT2D eigenvalue weighted by Crippen LogP contribution is 2.63. The summed E-state index contributed by atoms with van der Waals surface area (Å²) in [5.74, 6) is 0.0910. The molecule has 3 aromatic carbocycles. The summed E-state index contributed by atoms with van der Waals surface area (Å²) in [5.41, 5.74) is 4.61. The number of carbonyl (C=O) groups excluding carboxylic acids is 3. The number of hydrogen-bond donors (Lipinski definition) is 4. The number of ketones is 1. The fourth-order valence-electron chi connectivity index (χ4n) is 8.68. The summed E-state index contributed by atoms with van der Waals surface area (Å²) in [6.07, 6.45) is 2.35. The number of likely N-dealkylation sites (N-methyl/N-ethyl adjacent to an activating group) is 1. The number of hydrogen-bond acceptors (Lipinski definition) is 13. The lowest BCUT2D eigenvalue weighted by Crippen LogP contribution is -2.69. The number of nitrogens with one attached hydrogen (secondary N) is 1. The van der Waals surface area contributed by atoms with Gasteiger partial charge in [-0.05, 0) is 57.0 Å². The van der Waals surface area contributed by atoms with Gasteiger partial charge < -0.3 is 39.6 Å². The second-order valence-electron chi connectivity index (χ2n) is 14.2. The molecule has 286 valence electrons. The number of piperazine rings is 1. The SMILES string of the molecule is COc1c(C)cc2c(c1O)[C@@H]1C3[C@H](SC[C@H](NC(=O)/C=C/c4ccccc4)C(C)=O)c4c(OC(C)=O)c(C)c5c(c4[C@H](CO)N3C(O)[C@H](C2)N1C)OCO5. The van der Waals surface area contributed by atoms with Gasteiger partial charge in [0.2, 0.25) is 12.7 Å². The number of fused-ring (bicyclic) bond motifs is 9. The van der Waals surface area contributed by atoms with Gasteiger partial charge in [-0.3, -0.25) is 24.2 Å². The van der Waals surface area contributed by atoms with E-state index in [-0.39, 0.29) is 29.8 Å². The van der Waals surface area contributed by atoms with Crippen molar-refractivity contribution in [1.29, 1.82) is 0 Å². The minimum atomic E-state index is -1.11. The molecule has 0 spiro atoms. The van der Waals surface area contributed by atoms with Crippen LogP contribution in [0.2, 0.25) is 0 Å². The molecule has 2 bridgehead atoms. The van der Waals surface area contributed by atoms with Crippen molar-refractivity contribution in [3.8, 4) is 28.7 Å². The molecule has 1 saturated heterocycles. The Morgan fingerprint density at radius 1 is 1.07 bits per heavy atom. The average molecular weight is 760 g/mol. The van der Waals surface area contributed by atoms with Crippen LogP contribution in [0.15, 0.2) is 42.5 Å². The molecule has 7 rings (SSSR count). The average Bonchev–Trinajstić information content (AvgIpc) is 3.63. The third-order valence-electron chi connectivity index (χ3n) is 11.0. The number of thioether (sulfide) groups is 1. The van der Waals surface area contributed by atoms with Crippen LogP contribution in [0.3, 0.4) is 0 Å². The lowest BCUT2D eigenvalue weighted by Gasteiger charge is -2.61. The Kier molecular flexibility index (Phi) is 10.4. The monoisotopic (exact) mass is 759 g/mol. The van der Waals surface area contributed by atoms with E-state index in [2.05, 4.69) is 5.32 Å². The maximum Gasteiger partial charge on any atom is 0.308 e. The summed E-state index contributed by atoms with van der Waals surface area (Å²) in [7, 11) is 3.39. The molecular weight excluding hydrogens is 715 g/mol. The molecule has 1 fully saturated rings. The Hall–Kier alpha value is -4.60. The predicted octanol–water partition coefficient (Wildman–Crippen LogP) is 3.88. The summed E-state index contributed by atoms with van der Waals surface area (Å²) < 4.78 is 23.6. The Labute approximate surface area is 317 Å². The fourth-order valence-corrected chi connectivity index (χ4v) is 10.3. The minimum absolute atomic E-state index is 0.0182. The number of benzene rings is 3. The van der Waals surface area contributed by atoms with Crippen molar-refractivity contribution >= 4 is 35.5 Å². The van der Waals surface area contributed by atoms with Crippen molar-refractivity contribution in [3.63, 3.8) is 0 Å². The highest BCUT2D eigenvalue weighted by Gasteiger charge is 2.59. The fraction of sp³-hybridized carbons (Fsp3) is 0.425. The molecule has 0 radical (unpaired) electrons. The summed E-state index contributed by atoms with van der Waals surface area (Å²) >= 11 is 1.35. The highest BCUT2D eigenvalue weighted by atomic mass is 32.2. The Balaban J connectivity index is 1.39. The molecule has 54 heavy (non-hydrogen) atoms. The van der Waals surface area contributed by atoms with Crippen LogP contribution >= 0.6 is 11.8 Å². The number of phenolic OH excluding ortho intramolecular Hbond substituents is 1. The van der Waals surface area contributed by atoms with E-state index >= 15 is 0 Å². The van der Waals surface area contributed by atoms with Crippen molar-refractivity contribution in [2.75, 3.05) is 33.3 Å². The quantitative estimate of drug-likeness (QED) is 0.134. The molecule has 4 aliphatic heterocycles. The van der Waals surface area contributed by atoms with Crippen molar-refractivity contribution in [2.45, 2.75) is 75.8 Å². The molecule has 1 amide bonds. The maximum absolute atomic E-state index is 13.2. The summed E-state index contributed by atoms with van der Waals surface area (Å²) in [4.78, 5) is 43.0. The summed E-state index contributed by atoms with van der Waals surface area (Å²) in [5, 5.41) is 37.6. The zero-order valence-corrected chi connectivity index (χ0v) is 31.8. The van der Waals surface area contributed by atoms with Gasteiger partial charge in [-0.25, -0.2) is 0 Å². The molecule has 3 aromatic rings. The van der Waals surface area contributed by atoms with Crippen LogP contribution in [0.5, 0.6) is 28.7 Å². The maximum atomic E-state index is 13.2. The second-order valence-corrected chi connectivity index (χ2v) is 15.4. The third-order valence-corrected chi connectivity index (χ3v) is 12.4. The van der Waals surface area contributed by atoms with Crippen molar-refractivity contribution in [2.24, 2.45) is 0 Å². The van der Waals surface area contributed by atoms with E-state index in [1.165, 1.54) is 38.8 Å². The number of Topliss-reactive ketones (excluding diaryl/α,β-unsaturated/α-hetero) is 1. The predicted molar refractivity (Wildman–Crippen MR) is 201 cm³/mol. The number of aromatic hydroxyl groups is 1. The van der Waals surface area contributed by atoms with Crippen molar-refractivity contribution in [3.05, 3.63) is 81.4 Å². The zero-order valence-electron chi connectivity index (χ0n) is 31.0. The number of nitrogens with zero attached hydrogens (tertiary/aromatic N) is 2. The van der Waals surface area contributed by atoms with E-state index in [0.29, 0.717) is 45.9 Å². The van der Waals surface area contributed by atoms with Gasteiger partial charge >= 0.3 is 5.97 Å². The lowest BCUT2D eigenvalue weighted by molar-refractivity contribution is -0.178. The van der Waals surface area contributed by atoms with Gasteiger partial charge in [0, 0.05) is 47.0 Å². The van der Waals surface area contributed by atoms with Crippen LogP contribution in [0.4, 0.5) is 0 Å². The van der Waals surface area contributed by atoms with Gasteiger partial charge in [-0.2, -0.15) is 0 Å². The first-order valence-corrected chi connectivity index (χ1v) is 18.9. The normalized spacial score (nSPS) is 24.7. The molecule has 4 heterocycles. The highest BCUT2D eigenvalue weighted by molar-refractivity contribution is 7.99. The van der Waals surface area contributed by atoms with Crippen LogP contribution in [-0.2, 0) is 20.8 Å². The molecule has 4 N–H and O–H groups in total. The standard InChI is InChI=1S/C40H45N3O10S/c1-19-14-24-15-26-40(49)43-27(16-44)30-31(36(53-22(4)46)20(2)37-38(30)52-18-51-37)39(33(43)32(42(26)5)29(24)34(48)35(19)50-6)54-17-25(21(3)45)41-28(47)13-12-23-10-8-7-9-11-23/h7-14,25-27,32-33,39-40,44,48-49H,15-18H2,1-6H3,(H,41,47)/b13-12+/t25-,26-,27-,32+,33?,39+,40?/m0/s1. The van der Waals surface area contributed by atoms with Gasteiger partial charge in [-0.15, -0.1) is 11.8 Å². The molecule has 7 atom stereocenters. The van der Waals surface area contributed by atoms with Gasteiger partial charge in [0.1, 0.15) is 12.0 Å². The number of rotatable bonds is 10. The molecule has 0 aromatic heterocycles. The number of aliphatic hydroxyl groups excluding tert-OH is 2. The van der Waals surface area contributed by atoms with Gasteiger partial charge in [0.15, 0.2) is 28.8 Å². The van der Waals surface area contributed by atoms with Crippen LogP contribution in [-0.4, -0.2) is 100 Å². The molecule has 13 nitrogen and oxygen atoms in total. The number of amides is 1. The van der Waals surface area contributed by atoms with Crippen molar-refractivity contribution < 1.29 is 48.7 Å². The van der Waals surface area contributed by atoms with E-state index < -0.39 is 60.2 Å². The zero-order chi connectivity index (χ0) is 38.6. The lowest BCUT2D eigenvalue weighted by atomic mass is 9.73. The van der Waals surface area contributed by atoms with E-state index in [0.717, 1.165) is 16.7 Å². The van der Waals surface area contributed by atoms with E-state index in [1.807, 2.05) is 60.2 Å². The summed E-state index contributed by atoms with van der Waals surface area (Å²) in [6, 6.07) is 7.83. The number of carbonyl (C=O) groups is 3. The largest absolute Gasteiger partial charge is 0.504 e. The van der Waals surface area contributed by atoms with Crippen LogP contribution < -0.4 is 24.3 Å². The Morgan fingerprint density at radius 3 is 2.46 bits per heavy atom. The smallest absolute Gasteiger partial charge is 0.308 e. The van der Waals surface area contributed by atoms with E-state index in [4.69, 9.17) is 18.9 Å². The number of methoxy groups -OCH3 is 1. The first-order chi connectivity index (χ1) is 25.9. The summed E-state index contributed by atoms with van der Waals surface area (Å²) in [6.45, 7) is 5.80. The van der Waals surface area contributed by atoms with Gasteiger partial charge in [-0.1, -0.05) is 36.4 Å². The number of aliphatic hydroxyl groups is 2. The van der Waals surface area contributed by atoms with E-state index in [9.17, 15) is 29.7 Å². The van der Waals surface area contributed by atoms with Crippen LogP contribution in [0, 0.1) is 13.8 Å². The second kappa shape index (κ2) is 14.9. The Bertz CT molecular complexity index is 2020. The Morgan fingerprint density at radius 2 is 1.80 bits per heavy atom. The van der Waals surface area contributed by atoms with Crippen LogP contribution in [0.25, 0.3) is 6.08 Å². The number of esters is 1. The molecule has 14 heteroatoms. The first kappa shape index (κ1) is 37.7. The van der Waals surface area contributed by atoms with Gasteiger partial charge in [0.05, 0.1) is 43.1 Å². The molecule has 2 unspecified atom stereocenters. The number of ether oxygens (including phenoxy) is 4. The topological polar surface area (TPSA) is 167 Å². The number of aryl methyl sites for hydroxylation is 1. The molecule has 0 saturated carbocycles. The van der Waals surface area contributed by atoms with Gasteiger partial charge in [0.25, 0.3) is 0 Å². The molecule has 0 aliphatic carbocycles. The van der Waals surface area contributed by atoms with E-state index in [1.54, 1.807) is 13.0 Å². The first-order valence-electron chi connectivity index (χ1n) is 17.8. The number of phenols is 1. The minimum Gasteiger partial charge on any atom is -0.504 e. The molecule has 4 aliphatic rings. The van der Waals surface area contributed by atoms with Crippen molar-refractivity contribution in [1.82, 2.24) is 15.1 Å².